The summed E-state index contributed by atoms with van der Waals surface area (Å²) in [6.45, 7) is -0.0113. The van der Waals surface area contributed by atoms with Gasteiger partial charge in [-0.15, -0.1) is 0 Å². The Kier molecular flexibility index (Phi) is 4.21. The van der Waals surface area contributed by atoms with Crippen molar-refractivity contribution in [1.29, 1.82) is 0 Å². The number of nitrogens with two attached hydrogens (primary N) is 1. The monoisotopic (exact) mass is 161 g/mol. The maximum Gasteiger partial charge on any atom is 0.307 e. The van der Waals surface area contributed by atoms with E-state index in [9.17, 15) is 9.59 Å². The summed E-state index contributed by atoms with van der Waals surface area (Å²) in [4.78, 5) is 20.3. The van der Waals surface area contributed by atoms with Gasteiger partial charge in [-0.05, 0) is 6.42 Å². The third kappa shape index (κ3) is 4.32. The molecule has 11 heavy (non-hydrogen) atoms. The minimum atomic E-state index is -1.03. The van der Waals surface area contributed by atoms with Gasteiger partial charge in [0.1, 0.15) is 0 Å². The van der Waals surface area contributed by atoms with Crippen molar-refractivity contribution in [3.63, 3.8) is 0 Å². The lowest BCUT2D eigenvalue weighted by atomic mass is 10.0. The van der Waals surface area contributed by atoms with Crippen molar-refractivity contribution in [2.75, 3.05) is 6.54 Å². The largest absolute Gasteiger partial charge is 0.481 e. The summed E-state index contributed by atoms with van der Waals surface area (Å²) in [5.74, 6) is -2.76. The zero-order valence-electron chi connectivity index (χ0n) is 5.99. The Hall–Kier alpha value is -1.10. The van der Waals surface area contributed by atoms with Crippen LogP contribution in [0.2, 0.25) is 0 Å². The first-order chi connectivity index (χ1) is 5.07. The lowest BCUT2D eigenvalue weighted by Gasteiger charge is -2.05. The van der Waals surface area contributed by atoms with Crippen LogP contribution in [0.5, 0.6) is 0 Å². The molecular weight excluding hydrogens is 150 g/mol. The van der Waals surface area contributed by atoms with Crippen LogP contribution in [0.3, 0.4) is 0 Å². The van der Waals surface area contributed by atoms with Crippen molar-refractivity contribution < 1.29 is 19.8 Å². The van der Waals surface area contributed by atoms with E-state index in [0.29, 0.717) is 0 Å². The molecule has 0 spiro atoms. The second kappa shape index (κ2) is 4.68. The van der Waals surface area contributed by atoms with Crippen molar-refractivity contribution in [2.45, 2.75) is 12.8 Å². The van der Waals surface area contributed by atoms with Crippen molar-refractivity contribution >= 4 is 11.9 Å². The van der Waals surface area contributed by atoms with Crippen LogP contribution in [0.15, 0.2) is 0 Å². The fourth-order valence-corrected chi connectivity index (χ4v) is 0.640. The van der Waals surface area contributed by atoms with Gasteiger partial charge < -0.3 is 15.9 Å². The van der Waals surface area contributed by atoms with Crippen LogP contribution in [-0.4, -0.2) is 28.7 Å². The Labute approximate surface area is 63.8 Å². The molecule has 0 amide bonds. The third-order valence-corrected chi connectivity index (χ3v) is 1.34. The van der Waals surface area contributed by atoms with Crippen LogP contribution < -0.4 is 5.73 Å². The highest BCUT2D eigenvalue weighted by Crippen LogP contribution is 2.04. The minimum Gasteiger partial charge on any atom is -0.481 e. The first kappa shape index (κ1) is 9.90. The van der Waals surface area contributed by atoms with E-state index in [-0.39, 0.29) is 19.4 Å². The molecule has 0 rings (SSSR count). The van der Waals surface area contributed by atoms with Crippen LogP contribution in [0.4, 0.5) is 0 Å². The van der Waals surface area contributed by atoms with E-state index in [1.165, 1.54) is 0 Å². The molecule has 0 aromatic heterocycles. The summed E-state index contributed by atoms with van der Waals surface area (Å²) < 4.78 is 0. The van der Waals surface area contributed by atoms with Gasteiger partial charge in [0.2, 0.25) is 0 Å². The molecule has 0 aromatic carbocycles. The molecule has 4 N–H and O–H groups in total. The van der Waals surface area contributed by atoms with Gasteiger partial charge in [-0.25, -0.2) is 0 Å². The molecule has 0 radical (unpaired) electrons. The van der Waals surface area contributed by atoms with Crippen LogP contribution in [-0.2, 0) is 9.59 Å². The fourth-order valence-electron chi connectivity index (χ4n) is 0.640. The molecule has 0 fully saturated rings. The van der Waals surface area contributed by atoms with E-state index >= 15 is 0 Å². The van der Waals surface area contributed by atoms with E-state index in [2.05, 4.69) is 0 Å². The minimum absolute atomic E-state index is 0.0113. The van der Waals surface area contributed by atoms with E-state index in [0.717, 1.165) is 0 Å². The molecule has 5 heteroatoms. The Balaban J connectivity index is 3.70. The summed E-state index contributed by atoms with van der Waals surface area (Å²) in [5, 5.41) is 16.6. The van der Waals surface area contributed by atoms with E-state index in [4.69, 9.17) is 15.9 Å². The average Bonchev–Trinajstić information content (AvgIpc) is 1.87. The summed E-state index contributed by atoms with van der Waals surface area (Å²) in [5.41, 5.74) is 5.09. The highest BCUT2D eigenvalue weighted by Gasteiger charge is 2.15. The van der Waals surface area contributed by atoms with Gasteiger partial charge in [-0.1, -0.05) is 0 Å². The smallest absolute Gasteiger partial charge is 0.307 e. The first-order valence-electron chi connectivity index (χ1n) is 3.22. The number of hydrogen-bond acceptors (Lipinski definition) is 3. The number of aliphatic carboxylic acids is 2. The van der Waals surface area contributed by atoms with Crippen molar-refractivity contribution in [1.82, 2.24) is 0 Å². The molecule has 0 saturated heterocycles. The number of carboxylic acid groups (broad SMARTS) is 2. The van der Waals surface area contributed by atoms with Gasteiger partial charge in [0.25, 0.3) is 0 Å². The predicted octanol–water partition coefficient (Wildman–Crippen LogP) is -0.489. The Morgan fingerprint density at radius 2 is 1.91 bits per heavy atom. The predicted molar refractivity (Wildman–Crippen MR) is 37.0 cm³/mol. The van der Waals surface area contributed by atoms with Crippen LogP contribution in [0.25, 0.3) is 0 Å². The van der Waals surface area contributed by atoms with Crippen molar-refractivity contribution in [2.24, 2.45) is 11.7 Å². The molecule has 0 saturated carbocycles. The van der Waals surface area contributed by atoms with Crippen LogP contribution in [0.1, 0.15) is 12.8 Å². The van der Waals surface area contributed by atoms with Gasteiger partial charge in [0.15, 0.2) is 0 Å². The molecule has 0 bridgehead atoms. The number of carboxylic acids is 2. The molecule has 64 valence electrons. The van der Waals surface area contributed by atoms with Crippen molar-refractivity contribution in [3.05, 3.63) is 0 Å². The fraction of sp³-hybridized carbons (Fsp3) is 0.667. The lowest BCUT2D eigenvalue weighted by Crippen LogP contribution is -2.23. The zero-order chi connectivity index (χ0) is 8.85. The second-order valence-corrected chi connectivity index (χ2v) is 2.20. The lowest BCUT2D eigenvalue weighted by molar-refractivity contribution is -0.142. The summed E-state index contributed by atoms with van der Waals surface area (Å²) in [7, 11) is 0. The Morgan fingerprint density at radius 3 is 2.18 bits per heavy atom. The van der Waals surface area contributed by atoms with Gasteiger partial charge in [0, 0.05) is 13.0 Å². The SMILES string of the molecule is NC[C@H](CCC(=O)O)C(=O)O. The van der Waals surface area contributed by atoms with E-state index in [1.54, 1.807) is 0 Å². The molecule has 5 nitrogen and oxygen atoms in total. The van der Waals surface area contributed by atoms with Gasteiger partial charge >= 0.3 is 11.9 Å². The van der Waals surface area contributed by atoms with E-state index in [1.807, 2.05) is 0 Å². The molecular formula is C6H11NO4. The molecule has 0 aromatic rings. The highest BCUT2D eigenvalue weighted by atomic mass is 16.4. The molecule has 1 atom stereocenters. The summed E-state index contributed by atoms with van der Waals surface area (Å²) in [6.07, 6.45) is -0.0463. The number of carbonyl (C=O) groups is 2. The zero-order valence-corrected chi connectivity index (χ0v) is 5.99. The Bertz CT molecular complexity index is 157. The highest BCUT2D eigenvalue weighted by molar-refractivity contribution is 5.72. The molecule has 0 aliphatic heterocycles. The maximum atomic E-state index is 10.3. The topological polar surface area (TPSA) is 101 Å². The summed E-state index contributed by atoms with van der Waals surface area (Å²) in [6, 6.07) is 0. The Morgan fingerprint density at radius 1 is 1.36 bits per heavy atom. The third-order valence-electron chi connectivity index (χ3n) is 1.34. The van der Waals surface area contributed by atoms with Crippen LogP contribution >= 0.6 is 0 Å². The van der Waals surface area contributed by atoms with Gasteiger partial charge in [0.05, 0.1) is 5.92 Å². The average molecular weight is 161 g/mol. The van der Waals surface area contributed by atoms with Crippen LogP contribution in [0, 0.1) is 5.92 Å². The maximum absolute atomic E-state index is 10.3. The van der Waals surface area contributed by atoms with Gasteiger partial charge in [-0.2, -0.15) is 0 Å². The second-order valence-electron chi connectivity index (χ2n) is 2.20. The standard InChI is InChI=1S/C6H11NO4/c7-3-4(6(10)11)1-2-5(8)9/h4H,1-3,7H2,(H,8,9)(H,10,11)/t4-/m0/s1. The van der Waals surface area contributed by atoms with Crippen molar-refractivity contribution in [3.8, 4) is 0 Å². The number of rotatable bonds is 5. The van der Waals surface area contributed by atoms with E-state index < -0.39 is 17.9 Å². The molecule has 0 aliphatic rings. The van der Waals surface area contributed by atoms with Gasteiger partial charge in [-0.3, -0.25) is 9.59 Å². The quantitative estimate of drug-likeness (QED) is 0.505. The molecule has 0 heterocycles. The molecule has 0 aliphatic carbocycles. The normalized spacial score (nSPS) is 12.5. The summed E-state index contributed by atoms with van der Waals surface area (Å²) >= 11 is 0. The first-order valence-corrected chi connectivity index (χ1v) is 3.22. The molecule has 0 unspecified atom stereocenters. The number of hydrogen-bond donors (Lipinski definition) is 3.